The highest BCUT2D eigenvalue weighted by atomic mass is 19.4. The molecule has 0 amide bonds. The van der Waals surface area contributed by atoms with Crippen molar-refractivity contribution < 1.29 is 26.3 Å². The number of amidine groups is 1. The number of benzene rings is 1. The topological polar surface area (TPSA) is 73.0 Å². The Morgan fingerprint density at radius 3 is 2.18 bits per heavy atom. The Morgan fingerprint density at radius 2 is 1.55 bits per heavy atom. The second-order valence-electron chi connectivity index (χ2n) is 9.27. The van der Waals surface area contributed by atoms with Crippen LogP contribution < -0.4 is 16.1 Å². The molecule has 1 saturated heterocycles. The molecule has 0 bridgehead atoms. The molecule has 0 unspecified atom stereocenters. The third kappa shape index (κ3) is 6.76. The van der Waals surface area contributed by atoms with E-state index < -0.39 is 23.5 Å². The number of nitrogens with one attached hydrogen (secondary N) is 1. The van der Waals surface area contributed by atoms with Crippen LogP contribution >= 0.6 is 0 Å². The van der Waals surface area contributed by atoms with Crippen LogP contribution in [0.1, 0.15) is 24.0 Å². The molecule has 2 aliphatic rings. The first-order chi connectivity index (χ1) is 17.9. The molecule has 0 saturated carbocycles. The fourth-order valence-corrected chi connectivity index (χ4v) is 4.36. The molecular weight excluding hydrogens is 512 g/mol. The Kier molecular flexibility index (Phi) is 8.16. The summed E-state index contributed by atoms with van der Waals surface area (Å²) in [5, 5.41) is 1.95. The fourth-order valence-electron chi connectivity index (χ4n) is 4.36. The molecule has 1 aromatic carbocycles. The molecule has 0 aliphatic carbocycles. The van der Waals surface area contributed by atoms with Crippen molar-refractivity contribution in [3.8, 4) is 0 Å². The van der Waals surface area contributed by atoms with Crippen molar-refractivity contribution in [2.75, 3.05) is 51.2 Å². The number of rotatable bonds is 4. The SMILES string of the molecule is CN1CCN(NC(=Nc2ccc(C(F)(F)F)cc2)C2=C(N)CCN(c3ncccc3C(F)(F)F)CC2)CC1. The summed E-state index contributed by atoms with van der Waals surface area (Å²) >= 11 is 0. The minimum atomic E-state index is -4.56. The highest BCUT2D eigenvalue weighted by Gasteiger charge is 2.36. The molecule has 2 aromatic rings. The third-order valence-electron chi connectivity index (χ3n) is 6.55. The molecular formula is C25H29F6N7. The molecule has 1 fully saturated rings. The standard InChI is InChI=1S/C25H29F6N7/c1-36-13-15-38(16-14-36)35-22(34-18-6-4-17(5-7-18)24(26,27)28)19-8-11-37(12-9-21(19)32)23-20(25(29,30)31)3-2-10-33-23/h2-7,10H,8-9,11-16,32H2,1H3,(H,34,35). The van der Waals surface area contributed by atoms with Crippen molar-refractivity contribution in [2.45, 2.75) is 25.2 Å². The zero-order valence-electron chi connectivity index (χ0n) is 20.8. The van der Waals surface area contributed by atoms with Gasteiger partial charge in [0.15, 0.2) is 0 Å². The second kappa shape index (κ2) is 11.2. The molecule has 38 heavy (non-hydrogen) atoms. The number of hydrogen-bond donors (Lipinski definition) is 2. The molecule has 13 heteroatoms. The zero-order valence-corrected chi connectivity index (χ0v) is 20.8. The van der Waals surface area contributed by atoms with Crippen molar-refractivity contribution in [3.05, 3.63) is 65.0 Å². The van der Waals surface area contributed by atoms with Crippen LogP contribution in [-0.2, 0) is 12.4 Å². The number of hydrogen-bond acceptors (Lipinski definition) is 6. The van der Waals surface area contributed by atoms with Gasteiger partial charge in [0.2, 0.25) is 0 Å². The normalized spacial score (nSPS) is 19.0. The maximum absolute atomic E-state index is 13.6. The highest BCUT2D eigenvalue weighted by molar-refractivity contribution is 6.00. The fraction of sp³-hybridized carbons (Fsp3) is 0.440. The van der Waals surface area contributed by atoms with Crippen LogP contribution in [0.25, 0.3) is 0 Å². The Morgan fingerprint density at radius 1 is 0.895 bits per heavy atom. The van der Waals surface area contributed by atoms with Crippen molar-refractivity contribution in [1.82, 2.24) is 20.3 Å². The Labute approximate surface area is 216 Å². The molecule has 7 nitrogen and oxygen atoms in total. The van der Waals surface area contributed by atoms with Crippen LogP contribution in [0, 0.1) is 0 Å². The van der Waals surface area contributed by atoms with Crippen LogP contribution in [-0.4, -0.2) is 67.0 Å². The van der Waals surface area contributed by atoms with Crippen LogP contribution in [0.3, 0.4) is 0 Å². The number of halogens is 6. The van der Waals surface area contributed by atoms with Gasteiger partial charge in [0.05, 0.1) is 16.8 Å². The monoisotopic (exact) mass is 541 g/mol. The predicted octanol–water partition coefficient (Wildman–Crippen LogP) is 4.41. The Hall–Kier alpha value is -3.32. The van der Waals surface area contributed by atoms with E-state index in [4.69, 9.17) is 5.73 Å². The molecule has 0 atom stereocenters. The van der Waals surface area contributed by atoms with Gasteiger partial charge in [0.25, 0.3) is 0 Å². The summed E-state index contributed by atoms with van der Waals surface area (Å²) in [6.07, 6.45) is -7.18. The zero-order chi connectivity index (χ0) is 27.5. The van der Waals surface area contributed by atoms with Gasteiger partial charge in [-0.1, -0.05) is 0 Å². The maximum atomic E-state index is 13.6. The first-order valence-corrected chi connectivity index (χ1v) is 12.1. The summed E-state index contributed by atoms with van der Waals surface area (Å²) in [7, 11) is 2.00. The van der Waals surface area contributed by atoms with Gasteiger partial charge in [0, 0.05) is 63.2 Å². The van der Waals surface area contributed by atoms with E-state index in [0.717, 1.165) is 31.3 Å². The summed E-state index contributed by atoms with van der Waals surface area (Å²) in [6, 6.07) is 6.71. The summed E-state index contributed by atoms with van der Waals surface area (Å²) < 4.78 is 79.9. The van der Waals surface area contributed by atoms with E-state index in [0.29, 0.717) is 35.9 Å². The van der Waals surface area contributed by atoms with Crippen molar-refractivity contribution in [2.24, 2.45) is 10.7 Å². The summed E-state index contributed by atoms with van der Waals surface area (Å²) in [4.78, 5) is 12.3. The molecule has 1 aromatic heterocycles. The molecule has 3 N–H and O–H groups in total. The van der Waals surface area contributed by atoms with Gasteiger partial charge in [-0.15, -0.1) is 0 Å². The summed E-state index contributed by atoms with van der Waals surface area (Å²) in [5.74, 6) is 0.202. The van der Waals surface area contributed by atoms with Crippen molar-refractivity contribution >= 4 is 17.3 Å². The smallest absolute Gasteiger partial charge is 0.402 e. The summed E-state index contributed by atoms with van der Waals surface area (Å²) in [5.41, 5.74) is 9.43. The van der Waals surface area contributed by atoms with E-state index in [9.17, 15) is 26.3 Å². The van der Waals surface area contributed by atoms with Crippen LogP contribution in [0.5, 0.6) is 0 Å². The van der Waals surface area contributed by atoms with Gasteiger partial charge in [-0.05, 0) is 49.9 Å². The van der Waals surface area contributed by atoms with E-state index in [2.05, 4.69) is 20.3 Å². The lowest BCUT2D eigenvalue weighted by atomic mass is 10.1. The number of likely N-dealkylation sites (N-methyl/N-ethyl adjacent to an activating group) is 1. The quantitative estimate of drug-likeness (QED) is 0.340. The lowest BCUT2D eigenvalue weighted by molar-refractivity contribution is -0.138. The van der Waals surface area contributed by atoms with E-state index in [-0.39, 0.29) is 31.7 Å². The number of aromatic nitrogens is 1. The van der Waals surface area contributed by atoms with Gasteiger partial charge in [0.1, 0.15) is 11.7 Å². The van der Waals surface area contributed by atoms with E-state index >= 15 is 0 Å². The van der Waals surface area contributed by atoms with Crippen LogP contribution in [0.2, 0.25) is 0 Å². The minimum absolute atomic E-state index is 0.165. The first kappa shape index (κ1) is 27.7. The second-order valence-corrected chi connectivity index (χ2v) is 9.27. The molecule has 3 heterocycles. The number of alkyl halides is 6. The molecule has 2 aliphatic heterocycles. The largest absolute Gasteiger partial charge is 0.419 e. The van der Waals surface area contributed by atoms with Crippen molar-refractivity contribution in [3.63, 3.8) is 0 Å². The number of piperazine rings is 1. The Balaban J connectivity index is 1.62. The van der Waals surface area contributed by atoms with Gasteiger partial charge in [-0.25, -0.2) is 15.0 Å². The first-order valence-electron chi connectivity index (χ1n) is 12.1. The number of pyridine rings is 1. The van der Waals surface area contributed by atoms with Crippen molar-refractivity contribution in [1.29, 1.82) is 0 Å². The lowest BCUT2D eigenvalue weighted by Gasteiger charge is -2.34. The Bertz CT molecular complexity index is 1170. The van der Waals surface area contributed by atoms with E-state index in [1.54, 1.807) is 4.90 Å². The number of anilines is 1. The van der Waals surface area contributed by atoms with Crippen LogP contribution in [0.15, 0.2) is 58.9 Å². The molecule has 206 valence electrons. The number of aliphatic imine (C=N–C) groups is 1. The minimum Gasteiger partial charge on any atom is -0.402 e. The van der Waals surface area contributed by atoms with Crippen LogP contribution in [0.4, 0.5) is 37.8 Å². The van der Waals surface area contributed by atoms with E-state index in [1.165, 1.54) is 24.4 Å². The molecule has 0 radical (unpaired) electrons. The average molecular weight is 542 g/mol. The van der Waals surface area contributed by atoms with E-state index in [1.807, 2.05) is 12.1 Å². The average Bonchev–Trinajstić information content (AvgIpc) is 3.06. The lowest BCUT2D eigenvalue weighted by Crippen LogP contribution is -2.53. The number of nitrogens with zero attached hydrogens (tertiary/aromatic N) is 5. The number of hydrazine groups is 1. The van der Waals surface area contributed by atoms with Gasteiger partial charge >= 0.3 is 12.4 Å². The predicted molar refractivity (Wildman–Crippen MR) is 133 cm³/mol. The third-order valence-corrected chi connectivity index (χ3v) is 6.55. The highest BCUT2D eigenvalue weighted by Crippen LogP contribution is 2.36. The van der Waals surface area contributed by atoms with Gasteiger partial charge < -0.3 is 21.0 Å². The van der Waals surface area contributed by atoms with Gasteiger partial charge in [-0.2, -0.15) is 26.3 Å². The van der Waals surface area contributed by atoms with Gasteiger partial charge in [-0.3, -0.25) is 0 Å². The summed E-state index contributed by atoms with van der Waals surface area (Å²) in [6.45, 7) is 3.35. The number of nitrogens with two attached hydrogens (primary N) is 1. The maximum Gasteiger partial charge on any atom is 0.419 e. The molecule has 4 rings (SSSR count). The molecule has 0 spiro atoms.